The van der Waals surface area contributed by atoms with Crippen LogP contribution in [0, 0.1) is 35.0 Å². The monoisotopic (exact) mass is 486 g/mol. The third-order valence-corrected chi connectivity index (χ3v) is 7.79. The summed E-state index contributed by atoms with van der Waals surface area (Å²) in [5.41, 5.74) is 0.400. The predicted molar refractivity (Wildman–Crippen MR) is 136 cm³/mol. The summed E-state index contributed by atoms with van der Waals surface area (Å²) >= 11 is 1.27. The second kappa shape index (κ2) is 10.5. The number of nitrogens with zero attached hydrogens (tertiary/aromatic N) is 2. The van der Waals surface area contributed by atoms with Crippen LogP contribution in [0.15, 0.2) is 6.07 Å². The Morgan fingerprint density at radius 1 is 1.03 bits per heavy atom. The first kappa shape index (κ1) is 26.3. The van der Waals surface area contributed by atoms with E-state index in [9.17, 15) is 14.4 Å². The lowest BCUT2D eigenvalue weighted by atomic mass is 9.76. The van der Waals surface area contributed by atoms with E-state index < -0.39 is 5.97 Å². The minimum atomic E-state index is -0.459. The summed E-state index contributed by atoms with van der Waals surface area (Å²) in [4.78, 5) is 43.7. The Morgan fingerprint density at radius 3 is 2.18 bits per heavy atom. The smallest absolute Gasteiger partial charge is 0.350 e. The second-order valence-corrected chi connectivity index (χ2v) is 12.1. The first-order valence-corrected chi connectivity index (χ1v) is 13.0. The Balaban J connectivity index is 1.98. The molecule has 1 aromatic rings. The number of carbonyl (C=O) groups is 3. The highest BCUT2D eigenvalue weighted by atomic mass is 32.1. The van der Waals surface area contributed by atoms with E-state index in [0.29, 0.717) is 29.3 Å². The summed E-state index contributed by atoms with van der Waals surface area (Å²) < 4.78 is 5.07. The lowest BCUT2D eigenvalue weighted by Gasteiger charge is -2.44. The molecular weight excluding hydrogens is 448 g/mol. The molecular formula is C27H38N2O4S. The van der Waals surface area contributed by atoms with Crippen LogP contribution >= 0.6 is 11.3 Å². The van der Waals surface area contributed by atoms with E-state index in [4.69, 9.17) is 4.74 Å². The number of thiophene rings is 1. The molecule has 2 saturated carbocycles. The highest BCUT2D eigenvalue weighted by Crippen LogP contribution is 2.42. The average molecular weight is 487 g/mol. The summed E-state index contributed by atoms with van der Waals surface area (Å²) in [7, 11) is 4.88. The molecule has 34 heavy (non-hydrogen) atoms. The van der Waals surface area contributed by atoms with E-state index in [1.807, 2.05) is 31.7 Å². The van der Waals surface area contributed by atoms with Crippen molar-refractivity contribution in [1.29, 1.82) is 0 Å². The molecule has 0 aliphatic heterocycles. The van der Waals surface area contributed by atoms with Crippen molar-refractivity contribution in [2.45, 2.75) is 72.3 Å². The number of hydrogen-bond acceptors (Lipinski definition) is 5. The number of hydrogen-bond donors (Lipinski definition) is 0. The second-order valence-electron chi connectivity index (χ2n) is 11.0. The van der Waals surface area contributed by atoms with Crippen LogP contribution in [0.25, 0.3) is 0 Å². The van der Waals surface area contributed by atoms with E-state index in [1.54, 1.807) is 19.0 Å². The highest BCUT2D eigenvalue weighted by molar-refractivity contribution is 7.15. The van der Waals surface area contributed by atoms with Gasteiger partial charge in [0.2, 0.25) is 11.8 Å². The van der Waals surface area contributed by atoms with E-state index in [0.717, 1.165) is 30.6 Å². The van der Waals surface area contributed by atoms with Crippen LogP contribution in [0.4, 0.5) is 5.69 Å². The van der Waals surface area contributed by atoms with Gasteiger partial charge >= 0.3 is 5.97 Å². The number of methoxy groups -OCH3 is 1. The molecule has 0 atom stereocenters. The van der Waals surface area contributed by atoms with Gasteiger partial charge in [-0.25, -0.2) is 4.79 Å². The topological polar surface area (TPSA) is 66.9 Å². The number of amides is 2. The Labute approximate surface area is 208 Å². The molecule has 7 heteroatoms. The lowest BCUT2D eigenvalue weighted by Crippen LogP contribution is -2.53. The normalized spacial score (nSPS) is 24.3. The average Bonchev–Trinajstić information content (AvgIpc) is 3.17. The molecule has 2 fully saturated rings. The maximum absolute atomic E-state index is 13.9. The van der Waals surface area contributed by atoms with Crippen LogP contribution in [0.5, 0.6) is 0 Å². The van der Waals surface area contributed by atoms with Crippen molar-refractivity contribution in [3.63, 3.8) is 0 Å². The molecule has 6 nitrogen and oxygen atoms in total. The molecule has 0 saturated heterocycles. The van der Waals surface area contributed by atoms with Crippen molar-refractivity contribution < 1.29 is 19.1 Å². The van der Waals surface area contributed by atoms with E-state index in [1.165, 1.54) is 18.4 Å². The maximum Gasteiger partial charge on any atom is 0.350 e. The zero-order valence-electron chi connectivity index (χ0n) is 21.6. The first-order chi connectivity index (χ1) is 15.9. The SMILES string of the molecule is COC(=O)c1sc(C#CC(C)(C)C)cc1N(C(=O)C1CCC(C)CC1)[C@H]1C[C@H](C(=O)N(C)C)C1. The largest absolute Gasteiger partial charge is 0.465 e. The fourth-order valence-electron chi connectivity index (χ4n) is 4.67. The molecule has 0 spiro atoms. The number of carbonyl (C=O) groups excluding carboxylic acids is 3. The van der Waals surface area contributed by atoms with Crippen molar-refractivity contribution in [1.82, 2.24) is 4.90 Å². The van der Waals surface area contributed by atoms with Gasteiger partial charge in [-0.1, -0.05) is 18.8 Å². The van der Waals surface area contributed by atoms with Crippen LogP contribution in [0.1, 0.15) is 80.8 Å². The third-order valence-electron chi connectivity index (χ3n) is 6.77. The van der Waals surface area contributed by atoms with E-state index >= 15 is 0 Å². The minimum Gasteiger partial charge on any atom is -0.465 e. The van der Waals surface area contributed by atoms with Gasteiger partial charge in [-0.3, -0.25) is 9.59 Å². The molecule has 0 aromatic carbocycles. The summed E-state index contributed by atoms with van der Waals surface area (Å²) in [5, 5.41) is 0. The summed E-state index contributed by atoms with van der Waals surface area (Å²) in [6.45, 7) is 8.33. The summed E-state index contributed by atoms with van der Waals surface area (Å²) in [6.07, 6.45) is 4.99. The van der Waals surface area contributed by atoms with Crippen molar-refractivity contribution in [3.8, 4) is 11.8 Å². The van der Waals surface area contributed by atoms with Crippen molar-refractivity contribution in [3.05, 3.63) is 15.8 Å². The Bertz CT molecular complexity index is 980. The molecule has 0 unspecified atom stereocenters. The van der Waals surface area contributed by atoms with E-state index in [-0.39, 0.29) is 35.1 Å². The lowest BCUT2D eigenvalue weighted by molar-refractivity contribution is -0.137. The molecule has 2 aliphatic carbocycles. The summed E-state index contributed by atoms with van der Waals surface area (Å²) in [5.74, 6) is 6.57. The standard InChI is InChI=1S/C27H38N2O4S/c1-17-8-10-18(11-9-17)25(31)29(20-14-19(15-20)24(30)28(5)6)22-16-21(12-13-27(2,3)4)34-23(22)26(32)33-7/h16-20H,8-11,14-15H2,1-7H3/t17?,18?,19-,20-. The van der Waals surface area contributed by atoms with Crippen molar-refractivity contribution in [2.24, 2.45) is 23.2 Å². The summed E-state index contributed by atoms with van der Waals surface area (Å²) in [6, 6.07) is 1.75. The number of ether oxygens (including phenoxy) is 1. The quantitative estimate of drug-likeness (QED) is 0.436. The molecule has 186 valence electrons. The van der Waals surface area contributed by atoms with Crippen LogP contribution < -0.4 is 4.90 Å². The zero-order valence-corrected chi connectivity index (χ0v) is 22.4. The number of rotatable bonds is 5. The first-order valence-electron chi connectivity index (χ1n) is 12.2. The van der Waals surface area contributed by atoms with Gasteiger partial charge in [-0.2, -0.15) is 0 Å². The third kappa shape index (κ3) is 6.02. The minimum absolute atomic E-state index is 0.0608. The number of anilines is 1. The van der Waals surface area contributed by atoms with Gasteiger partial charge in [-0.05, 0) is 71.3 Å². The molecule has 2 amide bonds. The van der Waals surface area contributed by atoms with Gasteiger partial charge in [0.15, 0.2) is 0 Å². The molecule has 1 aromatic heterocycles. The van der Waals surface area contributed by atoms with Gasteiger partial charge in [0.25, 0.3) is 0 Å². The van der Waals surface area contributed by atoms with Crippen molar-refractivity contribution >= 4 is 34.8 Å². The molecule has 0 radical (unpaired) electrons. The van der Waals surface area contributed by atoms with Crippen LogP contribution in [0.2, 0.25) is 0 Å². The maximum atomic E-state index is 13.9. The van der Waals surface area contributed by atoms with Crippen LogP contribution in [0.3, 0.4) is 0 Å². The Hall–Kier alpha value is -2.33. The van der Waals surface area contributed by atoms with E-state index in [2.05, 4.69) is 18.8 Å². The Morgan fingerprint density at radius 2 is 1.65 bits per heavy atom. The van der Waals surface area contributed by atoms with Crippen LogP contribution in [-0.4, -0.2) is 49.9 Å². The van der Waals surface area contributed by atoms with Crippen molar-refractivity contribution in [2.75, 3.05) is 26.1 Å². The fourth-order valence-corrected chi connectivity index (χ4v) is 5.60. The van der Waals surface area contributed by atoms with Gasteiger partial charge in [0.1, 0.15) is 4.88 Å². The zero-order chi connectivity index (χ0) is 25.2. The molecule has 0 bridgehead atoms. The fraction of sp³-hybridized carbons (Fsp3) is 0.667. The molecule has 2 aliphatic rings. The molecule has 0 N–H and O–H groups in total. The van der Waals surface area contributed by atoms with Gasteiger partial charge in [-0.15, -0.1) is 11.3 Å². The molecule has 1 heterocycles. The number of esters is 1. The van der Waals surface area contributed by atoms with Gasteiger partial charge in [0, 0.05) is 37.4 Å². The molecule has 3 rings (SSSR count). The van der Waals surface area contributed by atoms with Gasteiger partial charge in [0.05, 0.1) is 17.7 Å². The Kier molecular flexibility index (Phi) is 8.13. The highest BCUT2D eigenvalue weighted by Gasteiger charge is 2.44. The van der Waals surface area contributed by atoms with Crippen LogP contribution in [-0.2, 0) is 14.3 Å². The van der Waals surface area contributed by atoms with Gasteiger partial charge < -0.3 is 14.5 Å². The predicted octanol–water partition coefficient (Wildman–Crippen LogP) is 4.96.